The summed E-state index contributed by atoms with van der Waals surface area (Å²) in [5.74, 6) is 0. The van der Waals surface area contributed by atoms with Crippen LogP contribution in [0, 0.1) is 6.92 Å². The van der Waals surface area contributed by atoms with Gasteiger partial charge in [-0.3, -0.25) is 0 Å². The summed E-state index contributed by atoms with van der Waals surface area (Å²) in [4.78, 5) is 3.84. The van der Waals surface area contributed by atoms with Crippen molar-refractivity contribution in [1.82, 2.24) is 9.38 Å². The van der Waals surface area contributed by atoms with Crippen LogP contribution in [0.25, 0.3) is 27.5 Å². The van der Waals surface area contributed by atoms with Crippen LogP contribution in [0.4, 0.5) is 13.2 Å². The summed E-state index contributed by atoms with van der Waals surface area (Å²) >= 11 is 12.0. The van der Waals surface area contributed by atoms with Gasteiger partial charge in [0.15, 0.2) is 5.69 Å². The lowest BCUT2D eigenvalue weighted by Crippen LogP contribution is -2.11. The number of fused-ring (bicyclic) bond motifs is 5. The summed E-state index contributed by atoms with van der Waals surface area (Å²) < 4.78 is 42.4. The molecule has 2 aromatic carbocycles. The van der Waals surface area contributed by atoms with E-state index in [-0.39, 0.29) is 21.1 Å². The van der Waals surface area contributed by atoms with Gasteiger partial charge in [-0.1, -0.05) is 41.4 Å². The van der Waals surface area contributed by atoms with E-state index >= 15 is 0 Å². The quantitative estimate of drug-likeness (QED) is 0.357. The number of aryl methyl sites for hydroxylation is 1. The van der Waals surface area contributed by atoms with Gasteiger partial charge in [-0.25, -0.2) is 4.98 Å². The number of rotatable bonds is 0. The number of aromatic nitrogens is 2. The van der Waals surface area contributed by atoms with Crippen LogP contribution in [0.2, 0.25) is 10.0 Å². The minimum Gasteiger partial charge on any atom is -0.305 e. The molecule has 0 spiro atoms. The molecule has 4 aromatic rings. The minimum atomic E-state index is -4.58. The Bertz CT molecular complexity index is 1130. The van der Waals surface area contributed by atoms with E-state index in [0.717, 1.165) is 5.39 Å². The standard InChI is InChI=1S/C17H9Cl2F3N2/c1-8-9-4-2-3-5-13(9)24-14-7-11(19)10(18)6-12(14)23-16(15(8)24)17(20,21)22/h2-7H,1H3. The summed E-state index contributed by atoms with van der Waals surface area (Å²) in [5.41, 5.74) is 0.929. The normalized spacial score (nSPS) is 12.6. The highest BCUT2D eigenvalue weighted by molar-refractivity contribution is 6.42. The van der Waals surface area contributed by atoms with Crippen LogP contribution in [-0.4, -0.2) is 9.38 Å². The summed E-state index contributed by atoms with van der Waals surface area (Å²) in [6.07, 6.45) is -4.58. The highest BCUT2D eigenvalue weighted by Gasteiger charge is 2.37. The lowest BCUT2D eigenvalue weighted by molar-refractivity contribution is -0.139. The van der Waals surface area contributed by atoms with E-state index in [1.165, 1.54) is 6.07 Å². The largest absolute Gasteiger partial charge is 0.435 e. The van der Waals surface area contributed by atoms with Crippen molar-refractivity contribution in [2.24, 2.45) is 0 Å². The van der Waals surface area contributed by atoms with Gasteiger partial charge in [0.25, 0.3) is 0 Å². The van der Waals surface area contributed by atoms with Crippen molar-refractivity contribution in [1.29, 1.82) is 0 Å². The fraction of sp³-hybridized carbons (Fsp3) is 0.118. The predicted octanol–water partition coefficient (Wildman–Crippen LogP) is 6.27. The third-order valence-corrected chi connectivity index (χ3v) is 4.83. The molecule has 0 N–H and O–H groups in total. The summed E-state index contributed by atoms with van der Waals surface area (Å²) in [6, 6.07) is 10.1. The molecular formula is C17H9Cl2F3N2. The van der Waals surface area contributed by atoms with Gasteiger partial charge >= 0.3 is 6.18 Å². The second-order valence-corrected chi connectivity index (χ2v) is 6.35. The van der Waals surface area contributed by atoms with Crippen LogP contribution in [0.3, 0.4) is 0 Å². The Morgan fingerprint density at radius 1 is 1.00 bits per heavy atom. The number of hydrogen-bond acceptors (Lipinski definition) is 1. The van der Waals surface area contributed by atoms with E-state index in [4.69, 9.17) is 23.2 Å². The third-order valence-electron chi connectivity index (χ3n) is 4.11. The Morgan fingerprint density at radius 3 is 2.38 bits per heavy atom. The van der Waals surface area contributed by atoms with Crippen molar-refractivity contribution in [3.8, 4) is 0 Å². The van der Waals surface area contributed by atoms with Crippen LogP contribution in [0.1, 0.15) is 11.3 Å². The maximum Gasteiger partial charge on any atom is 0.435 e. The molecule has 0 atom stereocenters. The van der Waals surface area contributed by atoms with E-state index in [1.54, 1.807) is 41.7 Å². The first-order chi connectivity index (χ1) is 11.3. The summed E-state index contributed by atoms with van der Waals surface area (Å²) in [5, 5.41) is 1.17. The first-order valence-electron chi connectivity index (χ1n) is 7.04. The van der Waals surface area contributed by atoms with Gasteiger partial charge < -0.3 is 4.40 Å². The van der Waals surface area contributed by atoms with Gasteiger partial charge in [0.1, 0.15) is 0 Å². The zero-order valence-electron chi connectivity index (χ0n) is 12.2. The molecule has 0 radical (unpaired) electrons. The Hall–Kier alpha value is -1.98. The van der Waals surface area contributed by atoms with E-state index in [2.05, 4.69) is 4.98 Å². The second-order valence-electron chi connectivity index (χ2n) is 5.54. The molecule has 2 nitrogen and oxygen atoms in total. The number of benzene rings is 2. The van der Waals surface area contributed by atoms with Crippen LogP contribution < -0.4 is 0 Å². The topological polar surface area (TPSA) is 17.3 Å². The van der Waals surface area contributed by atoms with Crippen LogP contribution >= 0.6 is 23.2 Å². The van der Waals surface area contributed by atoms with Crippen molar-refractivity contribution in [3.63, 3.8) is 0 Å². The molecule has 0 saturated heterocycles. The van der Waals surface area contributed by atoms with Crippen LogP contribution in [0.15, 0.2) is 36.4 Å². The lowest BCUT2D eigenvalue weighted by atomic mass is 10.1. The average molecular weight is 369 g/mol. The van der Waals surface area contributed by atoms with E-state index < -0.39 is 11.9 Å². The van der Waals surface area contributed by atoms with Gasteiger partial charge in [-0.2, -0.15) is 13.2 Å². The maximum absolute atomic E-state index is 13.6. The van der Waals surface area contributed by atoms with Crippen molar-refractivity contribution < 1.29 is 13.2 Å². The fourth-order valence-electron chi connectivity index (χ4n) is 3.10. The Labute approximate surface area is 144 Å². The molecular weight excluding hydrogens is 360 g/mol. The Kier molecular flexibility index (Phi) is 3.24. The minimum absolute atomic E-state index is 0.0367. The molecule has 7 heteroatoms. The predicted molar refractivity (Wildman–Crippen MR) is 90.0 cm³/mol. The van der Waals surface area contributed by atoms with Crippen LogP contribution in [0.5, 0.6) is 0 Å². The molecule has 0 aliphatic heterocycles. The van der Waals surface area contributed by atoms with Gasteiger partial charge in [-0.05, 0) is 30.7 Å². The van der Waals surface area contributed by atoms with E-state index in [9.17, 15) is 13.2 Å². The summed E-state index contributed by atoms with van der Waals surface area (Å²) in [6.45, 7) is 1.66. The molecule has 0 aliphatic carbocycles. The van der Waals surface area contributed by atoms with Gasteiger partial charge in [0, 0.05) is 5.39 Å². The molecule has 0 unspecified atom stereocenters. The number of para-hydroxylation sites is 1. The van der Waals surface area contributed by atoms with Crippen LogP contribution in [-0.2, 0) is 6.18 Å². The summed E-state index contributed by atoms with van der Waals surface area (Å²) in [7, 11) is 0. The van der Waals surface area contributed by atoms with E-state index in [0.29, 0.717) is 16.6 Å². The lowest BCUT2D eigenvalue weighted by Gasteiger charge is -2.13. The molecule has 0 aliphatic rings. The molecule has 2 aromatic heterocycles. The molecule has 2 heterocycles. The molecule has 0 fully saturated rings. The highest BCUT2D eigenvalue weighted by Crippen LogP contribution is 2.39. The maximum atomic E-state index is 13.6. The van der Waals surface area contributed by atoms with Gasteiger partial charge in [0.2, 0.25) is 0 Å². The molecule has 0 saturated carbocycles. The molecule has 122 valence electrons. The van der Waals surface area contributed by atoms with Crippen molar-refractivity contribution in [2.45, 2.75) is 13.1 Å². The monoisotopic (exact) mass is 368 g/mol. The molecule has 24 heavy (non-hydrogen) atoms. The average Bonchev–Trinajstić information content (AvgIpc) is 2.81. The highest BCUT2D eigenvalue weighted by atomic mass is 35.5. The zero-order valence-corrected chi connectivity index (χ0v) is 13.8. The smallest absolute Gasteiger partial charge is 0.305 e. The first-order valence-corrected chi connectivity index (χ1v) is 7.80. The third kappa shape index (κ3) is 2.08. The Morgan fingerprint density at radius 2 is 1.67 bits per heavy atom. The number of alkyl halides is 3. The fourth-order valence-corrected chi connectivity index (χ4v) is 3.42. The zero-order chi connectivity index (χ0) is 17.2. The van der Waals surface area contributed by atoms with Gasteiger partial charge in [-0.15, -0.1) is 0 Å². The Balaban J connectivity index is 2.38. The molecule has 0 amide bonds. The first kappa shape index (κ1) is 15.5. The van der Waals surface area contributed by atoms with E-state index in [1.807, 2.05) is 0 Å². The number of halogens is 5. The molecule has 4 rings (SSSR count). The molecule has 0 bridgehead atoms. The van der Waals surface area contributed by atoms with Crippen molar-refractivity contribution in [2.75, 3.05) is 0 Å². The van der Waals surface area contributed by atoms with Gasteiger partial charge in [0.05, 0.1) is 32.1 Å². The van der Waals surface area contributed by atoms with Crippen molar-refractivity contribution in [3.05, 3.63) is 57.7 Å². The van der Waals surface area contributed by atoms with Crippen molar-refractivity contribution >= 4 is 50.7 Å². The second kappa shape index (κ2) is 5.01. The number of nitrogens with zero attached hydrogens (tertiary/aromatic N) is 2. The number of hydrogen-bond donors (Lipinski definition) is 0. The SMILES string of the molecule is Cc1c2ccccc2n2c1c(C(F)(F)F)nc1cc(Cl)c(Cl)cc12.